The minimum atomic E-state index is -0.240. The molecule has 14 heavy (non-hydrogen) atoms. The van der Waals surface area contributed by atoms with Gasteiger partial charge in [0, 0.05) is 25.5 Å². The van der Waals surface area contributed by atoms with Crippen LogP contribution in [0, 0.1) is 5.41 Å². The summed E-state index contributed by atoms with van der Waals surface area (Å²) in [6.07, 6.45) is 5.59. The van der Waals surface area contributed by atoms with Crippen molar-refractivity contribution >= 4 is 5.91 Å². The van der Waals surface area contributed by atoms with E-state index in [9.17, 15) is 4.79 Å². The molecule has 0 aliphatic heterocycles. The summed E-state index contributed by atoms with van der Waals surface area (Å²) in [6, 6.07) is 1.95. The molecular formula is C10H15N3O. The maximum absolute atomic E-state index is 11.7. The third-order valence-electron chi connectivity index (χ3n) is 2.84. The third kappa shape index (κ3) is 1.65. The average molecular weight is 193 g/mol. The smallest absolute Gasteiger partial charge is 0.227 e. The molecule has 0 bridgehead atoms. The molecule has 4 nitrogen and oxygen atoms in total. The van der Waals surface area contributed by atoms with Crippen molar-refractivity contribution in [3.63, 3.8) is 0 Å². The third-order valence-corrected chi connectivity index (χ3v) is 2.84. The van der Waals surface area contributed by atoms with Crippen LogP contribution in [0.5, 0.6) is 0 Å². The van der Waals surface area contributed by atoms with Crippen LogP contribution in [-0.4, -0.2) is 17.4 Å². The highest BCUT2D eigenvalue weighted by Crippen LogP contribution is 2.44. The van der Waals surface area contributed by atoms with Crippen LogP contribution in [0.2, 0.25) is 0 Å². The van der Waals surface area contributed by atoms with Crippen molar-refractivity contribution < 1.29 is 4.79 Å². The number of carbonyl (C=O) groups excluding carboxylic acids is 1. The second-order valence-electron chi connectivity index (χ2n) is 3.89. The van der Waals surface area contributed by atoms with Gasteiger partial charge in [-0.05, 0) is 24.5 Å². The molecule has 0 unspecified atom stereocenters. The van der Waals surface area contributed by atoms with E-state index in [-0.39, 0.29) is 11.3 Å². The Bertz CT molecular complexity index is 314. The topological polar surface area (TPSA) is 70.9 Å². The van der Waals surface area contributed by atoms with E-state index in [2.05, 4.69) is 10.3 Å². The van der Waals surface area contributed by atoms with Gasteiger partial charge in [-0.1, -0.05) is 0 Å². The Morgan fingerprint density at radius 3 is 2.93 bits per heavy atom. The Morgan fingerprint density at radius 1 is 1.64 bits per heavy atom. The Kier molecular flexibility index (Phi) is 2.29. The van der Waals surface area contributed by atoms with Crippen LogP contribution in [0.4, 0.5) is 0 Å². The molecule has 1 aliphatic rings. The predicted molar refractivity (Wildman–Crippen MR) is 53.4 cm³/mol. The van der Waals surface area contributed by atoms with Crippen LogP contribution in [0.3, 0.4) is 0 Å². The Labute approximate surface area is 82.9 Å². The van der Waals surface area contributed by atoms with Crippen molar-refractivity contribution in [1.82, 2.24) is 10.3 Å². The molecule has 1 saturated carbocycles. The fourth-order valence-electron chi connectivity index (χ4n) is 1.51. The Morgan fingerprint density at radius 2 is 2.43 bits per heavy atom. The zero-order valence-corrected chi connectivity index (χ0v) is 8.05. The lowest BCUT2D eigenvalue weighted by Crippen LogP contribution is -2.36. The maximum Gasteiger partial charge on any atom is 0.227 e. The van der Waals surface area contributed by atoms with Gasteiger partial charge in [0.05, 0.1) is 5.41 Å². The summed E-state index contributed by atoms with van der Waals surface area (Å²) in [6.45, 7) is 1.05. The van der Waals surface area contributed by atoms with Crippen molar-refractivity contribution in [2.45, 2.75) is 19.4 Å². The number of aromatic amines is 1. The second-order valence-corrected chi connectivity index (χ2v) is 3.89. The van der Waals surface area contributed by atoms with E-state index in [0.717, 1.165) is 18.4 Å². The van der Waals surface area contributed by atoms with Gasteiger partial charge in [-0.3, -0.25) is 4.79 Å². The fraction of sp³-hybridized carbons (Fsp3) is 0.500. The first-order valence-electron chi connectivity index (χ1n) is 4.87. The summed E-state index contributed by atoms with van der Waals surface area (Å²) in [5, 5.41) is 2.90. The zero-order valence-electron chi connectivity index (χ0n) is 8.05. The average Bonchev–Trinajstić information content (AvgIpc) is 2.84. The molecule has 1 aromatic rings. The van der Waals surface area contributed by atoms with Crippen LogP contribution < -0.4 is 11.1 Å². The number of carbonyl (C=O) groups is 1. The summed E-state index contributed by atoms with van der Waals surface area (Å²) < 4.78 is 0. The number of rotatable bonds is 4. The number of amides is 1. The van der Waals surface area contributed by atoms with Gasteiger partial charge in [0.15, 0.2) is 0 Å². The van der Waals surface area contributed by atoms with E-state index in [1.54, 1.807) is 0 Å². The molecule has 2 rings (SSSR count). The summed E-state index contributed by atoms with van der Waals surface area (Å²) >= 11 is 0. The summed E-state index contributed by atoms with van der Waals surface area (Å²) in [5.41, 5.74) is 6.40. The molecule has 0 atom stereocenters. The predicted octanol–water partition coefficient (Wildman–Crippen LogP) is 0.370. The number of nitrogens with two attached hydrogens (primary N) is 1. The van der Waals surface area contributed by atoms with Gasteiger partial charge in [0.25, 0.3) is 0 Å². The van der Waals surface area contributed by atoms with Crippen LogP contribution in [0.25, 0.3) is 0 Å². The molecule has 0 aromatic carbocycles. The molecule has 76 valence electrons. The van der Waals surface area contributed by atoms with Crippen molar-refractivity contribution in [3.05, 3.63) is 24.0 Å². The van der Waals surface area contributed by atoms with Crippen molar-refractivity contribution in [2.24, 2.45) is 11.1 Å². The number of hydrogen-bond donors (Lipinski definition) is 3. The largest absolute Gasteiger partial charge is 0.367 e. The number of nitrogens with one attached hydrogen (secondary N) is 2. The van der Waals surface area contributed by atoms with Gasteiger partial charge in [-0.2, -0.15) is 0 Å². The standard InChI is InChI=1S/C10H15N3O/c11-7-10(2-3-10)9(14)13-6-8-1-4-12-5-8/h1,4-5,12H,2-3,6-7,11H2,(H,13,14). The monoisotopic (exact) mass is 193 g/mol. The quantitative estimate of drug-likeness (QED) is 0.646. The minimum Gasteiger partial charge on any atom is -0.367 e. The molecule has 4 N–H and O–H groups in total. The van der Waals surface area contributed by atoms with Crippen LogP contribution in [0.1, 0.15) is 18.4 Å². The first-order chi connectivity index (χ1) is 6.77. The van der Waals surface area contributed by atoms with Gasteiger partial charge < -0.3 is 16.0 Å². The van der Waals surface area contributed by atoms with E-state index in [1.165, 1.54) is 0 Å². The van der Waals surface area contributed by atoms with Crippen LogP contribution >= 0.6 is 0 Å². The normalized spacial score (nSPS) is 17.8. The first-order valence-corrected chi connectivity index (χ1v) is 4.87. The molecule has 0 radical (unpaired) electrons. The van der Waals surface area contributed by atoms with Crippen molar-refractivity contribution in [1.29, 1.82) is 0 Å². The lowest BCUT2D eigenvalue weighted by molar-refractivity contribution is -0.126. The highest BCUT2D eigenvalue weighted by atomic mass is 16.2. The van der Waals surface area contributed by atoms with Crippen LogP contribution in [0.15, 0.2) is 18.5 Å². The van der Waals surface area contributed by atoms with E-state index in [4.69, 9.17) is 5.73 Å². The van der Waals surface area contributed by atoms with Gasteiger partial charge >= 0.3 is 0 Å². The van der Waals surface area contributed by atoms with E-state index in [0.29, 0.717) is 13.1 Å². The van der Waals surface area contributed by atoms with Gasteiger partial charge in [-0.15, -0.1) is 0 Å². The lowest BCUT2D eigenvalue weighted by atomic mass is 10.1. The van der Waals surface area contributed by atoms with E-state index < -0.39 is 0 Å². The second kappa shape index (κ2) is 3.46. The summed E-state index contributed by atoms with van der Waals surface area (Å²) in [4.78, 5) is 14.6. The fourth-order valence-corrected chi connectivity index (χ4v) is 1.51. The Balaban J connectivity index is 1.84. The highest BCUT2D eigenvalue weighted by Gasteiger charge is 2.48. The molecule has 4 heteroatoms. The summed E-state index contributed by atoms with van der Waals surface area (Å²) in [7, 11) is 0. The molecule has 1 fully saturated rings. The zero-order chi connectivity index (χ0) is 10.0. The number of aromatic nitrogens is 1. The SMILES string of the molecule is NCC1(C(=O)NCc2cc[nH]c2)CC1. The molecule has 0 saturated heterocycles. The number of hydrogen-bond acceptors (Lipinski definition) is 2. The molecule has 0 spiro atoms. The van der Waals surface area contributed by atoms with Gasteiger partial charge in [0.2, 0.25) is 5.91 Å². The van der Waals surface area contributed by atoms with Gasteiger partial charge in [0.1, 0.15) is 0 Å². The highest BCUT2D eigenvalue weighted by molar-refractivity contribution is 5.85. The molecule has 1 aromatic heterocycles. The van der Waals surface area contributed by atoms with Crippen molar-refractivity contribution in [2.75, 3.05) is 6.54 Å². The van der Waals surface area contributed by atoms with E-state index >= 15 is 0 Å². The van der Waals surface area contributed by atoms with Gasteiger partial charge in [-0.25, -0.2) is 0 Å². The number of H-pyrrole nitrogens is 1. The minimum absolute atomic E-state index is 0.0983. The van der Waals surface area contributed by atoms with Crippen molar-refractivity contribution in [3.8, 4) is 0 Å². The molecular weight excluding hydrogens is 178 g/mol. The molecule has 1 aliphatic carbocycles. The molecule has 1 heterocycles. The molecule has 1 amide bonds. The maximum atomic E-state index is 11.7. The van der Waals surface area contributed by atoms with Crippen LogP contribution in [-0.2, 0) is 11.3 Å². The summed E-state index contributed by atoms with van der Waals surface area (Å²) in [5.74, 6) is 0.0983. The lowest BCUT2D eigenvalue weighted by Gasteiger charge is -2.11. The Hall–Kier alpha value is -1.29. The first kappa shape index (κ1) is 9.27. The van der Waals surface area contributed by atoms with E-state index in [1.807, 2.05) is 18.5 Å².